The molecular weight excluding hydrogens is 218 g/mol. The van der Waals surface area contributed by atoms with Crippen LogP contribution in [-0.4, -0.2) is 12.5 Å². The van der Waals surface area contributed by atoms with Crippen molar-refractivity contribution in [3.8, 4) is 0 Å². The van der Waals surface area contributed by atoms with E-state index in [1.54, 1.807) is 12.1 Å². The standard InChI is InChI=1S/C13H19NOS/c1-13(2,3)8-9-14-12(15)10-4-6-11(16)7-5-10/h4-7,16H,8-9H2,1-3H3,(H,14,15). The van der Waals surface area contributed by atoms with Crippen LogP contribution in [0, 0.1) is 5.41 Å². The van der Waals surface area contributed by atoms with Crippen LogP contribution in [0.15, 0.2) is 29.2 Å². The quantitative estimate of drug-likeness (QED) is 0.777. The SMILES string of the molecule is CC(C)(C)CCNC(=O)c1ccc(S)cc1. The molecule has 0 heterocycles. The molecule has 0 atom stereocenters. The molecule has 2 nitrogen and oxygen atoms in total. The Morgan fingerprint density at radius 1 is 1.25 bits per heavy atom. The highest BCUT2D eigenvalue weighted by molar-refractivity contribution is 7.80. The lowest BCUT2D eigenvalue weighted by Crippen LogP contribution is -2.27. The Bertz CT molecular complexity index is 351. The molecule has 0 aromatic heterocycles. The Balaban J connectivity index is 2.44. The van der Waals surface area contributed by atoms with Gasteiger partial charge in [-0.3, -0.25) is 4.79 Å². The van der Waals surface area contributed by atoms with Gasteiger partial charge in [-0.25, -0.2) is 0 Å². The van der Waals surface area contributed by atoms with Crippen molar-refractivity contribution in [1.29, 1.82) is 0 Å². The molecule has 0 aliphatic carbocycles. The van der Waals surface area contributed by atoms with Crippen molar-refractivity contribution in [2.75, 3.05) is 6.54 Å². The Morgan fingerprint density at radius 2 is 1.81 bits per heavy atom. The zero-order valence-corrected chi connectivity index (χ0v) is 11.0. The van der Waals surface area contributed by atoms with Gasteiger partial charge in [0.05, 0.1) is 0 Å². The maximum atomic E-state index is 11.7. The number of hydrogen-bond acceptors (Lipinski definition) is 2. The smallest absolute Gasteiger partial charge is 0.251 e. The number of amides is 1. The predicted molar refractivity (Wildman–Crippen MR) is 70.1 cm³/mol. The number of hydrogen-bond donors (Lipinski definition) is 2. The average molecular weight is 237 g/mol. The number of carbonyl (C=O) groups excluding carboxylic acids is 1. The van der Waals surface area contributed by atoms with Gasteiger partial charge in [-0.05, 0) is 36.1 Å². The van der Waals surface area contributed by atoms with Gasteiger partial charge in [0, 0.05) is 17.0 Å². The van der Waals surface area contributed by atoms with Gasteiger partial charge in [0.1, 0.15) is 0 Å². The normalized spacial score (nSPS) is 11.2. The van der Waals surface area contributed by atoms with Crippen LogP contribution < -0.4 is 5.32 Å². The van der Waals surface area contributed by atoms with Crippen molar-refractivity contribution in [3.05, 3.63) is 29.8 Å². The van der Waals surface area contributed by atoms with Gasteiger partial charge in [-0.2, -0.15) is 0 Å². The van der Waals surface area contributed by atoms with Gasteiger partial charge >= 0.3 is 0 Å². The van der Waals surface area contributed by atoms with E-state index in [1.807, 2.05) is 12.1 Å². The third kappa shape index (κ3) is 4.71. The Labute approximate surface area is 103 Å². The summed E-state index contributed by atoms with van der Waals surface area (Å²) < 4.78 is 0. The van der Waals surface area contributed by atoms with Crippen molar-refractivity contribution in [3.63, 3.8) is 0 Å². The fraction of sp³-hybridized carbons (Fsp3) is 0.462. The molecule has 0 saturated heterocycles. The summed E-state index contributed by atoms with van der Waals surface area (Å²) in [6.07, 6.45) is 0.976. The lowest BCUT2D eigenvalue weighted by molar-refractivity contribution is 0.0949. The first kappa shape index (κ1) is 13.1. The number of nitrogens with one attached hydrogen (secondary N) is 1. The molecule has 88 valence electrons. The molecule has 1 rings (SSSR count). The van der Waals surface area contributed by atoms with Gasteiger partial charge in [0.25, 0.3) is 5.91 Å². The van der Waals surface area contributed by atoms with E-state index in [4.69, 9.17) is 0 Å². The highest BCUT2D eigenvalue weighted by atomic mass is 32.1. The molecule has 1 aromatic carbocycles. The van der Waals surface area contributed by atoms with E-state index in [0.717, 1.165) is 11.3 Å². The maximum absolute atomic E-state index is 11.7. The zero-order chi connectivity index (χ0) is 12.2. The lowest BCUT2D eigenvalue weighted by Gasteiger charge is -2.18. The van der Waals surface area contributed by atoms with E-state index in [0.29, 0.717) is 12.1 Å². The number of benzene rings is 1. The Hall–Kier alpha value is -0.960. The van der Waals surface area contributed by atoms with Crippen molar-refractivity contribution in [2.24, 2.45) is 5.41 Å². The summed E-state index contributed by atoms with van der Waals surface area (Å²) in [6, 6.07) is 7.22. The minimum absolute atomic E-state index is 0.0161. The van der Waals surface area contributed by atoms with E-state index in [1.165, 1.54) is 0 Å². The van der Waals surface area contributed by atoms with Crippen molar-refractivity contribution in [1.82, 2.24) is 5.32 Å². The van der Waals surface area contributed by atoms with Crippen LogP contribution in [0.5, 0.6) is 0 Å². The number of rotatable bonds is 3. The minimum Gasteiger partial charge on any atom is -0.352 e. The molecule has 0 aliphatic heterocycles. The van der Waals surface area contributed by atoms with Gasteiger partial charge < -0.3 is 5.32 Å². The highest BCUT2D eigenvalue weighted by Gasteiger charge is 2.11. The summed E-state index contributed by atoms with van der Waals surface area (Å²) in [7, 11) is 0. The van der Waals surface area contributed by atoms with E-state index < -0.39 is 0 Å². The second-order valence-electron chi connectivity index (χ2n) is 5.11. The number of thiol groups is 1. The van der Waals surface area contributed by atoms with Crippen molar-refractivity contribution >= 4 is 18.5 Å². The first-order chi connectivity index (χ1) is 7.38. The third-order valence-corrected chi connectivity index (χ3v) is 2.59. The second kappa shape index (κ2) is 5.39. The average Bonchev–Trinajstić information content (AvgIpc) is 2.16. The first-order valence-electron chi connectivity index (χ1n) is 5.46. The summed E-state index contributed by atoms with van der Waals surface area (Å²) in [5, 5.41) is 2.91. The third-order valence-electron chi connectivity index (χ3n) is 2.29. The second-order valence-corrected chi connectivity index (χ2v) is 5.63. The van der Waals surface area contributed by atoms with E-state index in [-0.39, 0.29) is 11.3 Å². The molecule has 0 fully saturated rings. The molecular formula is C13H19NOS. The van der Waals surface area contributed by atoms with Crippen LogP contribution >= 0.6 is 12.6 Å². The molecule has 0 spiro atoms. The van der Waals surface area contributed by atoms with Gasteiger partial charge in [-0.15, -0.1) is 12.6 Å². The minimum atomic E-state index is -0.0161. The molecule has 1 aromatic rings. The lowest BCUT2D eigenvalue weighted by atomic mass is 9.92. The van der Waals surface area contributed by atoms with E-state index in [9.17, 15) is 4.79 Å². The molecule has 0 aliphatic rings. The molecule has 16 heavy (non-hydrogen) atoms. The van der Waals surface area contributed by atoms with E-state index in [2.05, 4.69) is 38.7 Å². The van der Waals surface area contributed by atoms with Crippen LogP contribution in [0.1, 0.15) is 37.6 Å². The molecule has 0 unspecified atom stereocenters. The summed E-state index contributed by atoms with van der Waals surface area (Å²) in [6.45, 7) is 7.20. The number of carbonyl (C=O) groups is 1. The van der Waals surface area contributed by atoms with E-state index >= 15 is 0 Å². The fourth-order valence-corrected chi connectivity index (χ4v) is 1.41. The van der Waals surface area contributed by atoms with Gasteiger partial charge in [-0.1, -0.05) is 20.8 Å². The van der Waals surface area contributed by atoms with Gasteiger partial charge in [0.15, 0.2) is 0 Å². The molecule has 0 bridgehead atoms. The zero-order valence-electron chi connectivity index (χ0n) is 10.1. The van der Waals surface area contributed by atoms with Gasteiger partial charge in [0.2, 0.25) is 0 Å². The Morgan fingerprint density at radius 3 is 2.31 bits per heavy atom. The summed E-state index contributed by atoms with van der Waals surface area (Å²) in [4.78, 5) is 12.6. The summed E-state index contributed by atoms with van der Waals surface area (Å²) in [5.74, 6) is -0.0161. The topological polar surface area (TPSA) is 29.1 Å². The maximum Gasteiger partial charge on any atom is 0.251 e. The monoisotopic (exact) mass is 237 g/mol. The summed E-state index contributed by atoms with van der Waals surface area (Å²) >= 11 is 4.18. The van der Waals surface area contributed by atoms with Crippen LogP contribution in [-0.2, 0) is 0 Å². The first-order valence-corrected chi connectivity index (χ1v) is 5.90. The van der Waals surface area contributed by atoms with Crippen molar-refractivity contribution < 1.29 is 4.79 Å². The van der Waals surface area contributed by atoms with Crippen LogP contribution in [0.3, 0.4) is 0 Å². The molecule has 3 heteroatoms. The largest absolute Gasteiger partial charge is 0.352 e. The highest BCUT2D eigenvalue weighted by Crippen LogP contribution is 2.17. The molecule has 0 radical (unpaired) electrons. The summed E-state index contributed by atoms with van der Waals surface area (Å²) in [5.41, 5.74) is 0.939. The molecule has 0 saturated carbocycles. The molecule has 1 amide bonds. The van der Waals surface area contributed by atoms with Crippen LogP contribution in [0.25, 0.3) is 0 Å². The van der Waals surface area contributed by atoms with Crippen molar-refractivity contribution in [2.45, 2.75) is 32.1 Å². The van der Waals surface area contributed by atoms with Crippen LogP contribution in [0.2, 0.25) is 0 Å². The van der Waals surface area contributed by atoms with Crippen LogP contribution in [0.4, 0.5) is 0 Å². The Kier molecular flexibility index (Phi) is 4.42. The predicted octanol–water partition coefficient (Wildman–Crippen LogP) is 3.14. The molecule has 1 N–H and O–H groups in total. The fourth-order valence-electron chi connectivity index (χ4n) is 1.27.